The molecule has 8 heteroatoms. The van der Waals surface area contributed by atoms with E-state index in [1.165, 1.54) is 0 Å². The normalized spacial score (nSPS) is 21.5. The smallest absolute Gasteiger partial charge is 0.874 e. The number of thioether (sulfide) groups is 1. The van der Waals surface area contributed by atoms with Gasteiger partial charge in [-0.15, -0.1) is 5.76 Å². The Kier molecular flexibility index (Phi) is 14.5. The van der Waals surface area contributed by atoms with E-state index in [4.69, 9.17) is 0 Å². The van der Waals surface area contributed by atoms with Gasteiger partial charge in [0, 0.05) is 35.6 Å². The van der Waals surface area contributed by atoms with Crippen LogP contribution in [-0.2, 0) is 14.4 Å². The predicted molar refractivity (Wildman–Crippen MR) is 80.8 cm³/mol. The summed E-state index contributed by atoms with van der Waals surface area (Å²) in [6.07, 6.45) is 0.972. The Balaban J connectivity index is 0. The first kappa shape index (κ1) is 26.9. The van der Waals surface area contributed by atoms with Crippen LogP contribution in [0.15, 0.2) is 11.3 Å². The van der Waals surface area contributed by atoms with Crippen molar-refractivity contribution in [1.82, 2.24) is 0 Å². The van der Waals surface area contributed by atoms with Crippen molar-refractivity contribution in [1.29, 1.82) is 0 Å². The van der Waals surface area contributed by atoms with Crippen molar-refractivity contribution >= 4 is 29.3 Å². The average Bonchev–Trinajstić information content (AvgIpc) is 2.37. The van der Waals surface area contributed by atoms with Crippen LogP contribution in [0.1, 0.15) is 46.5 Å². The van der Waals surface area contributed by atoms with Crippen LogP contribution in [0.25, 0.3) is 0 Å². The van der Waals surface area contributed by atoms with Crippen LogP contribution < -0.4 is 69.3 Å². The summed E-state index contributed by atoms with van der Waals surface area (Å²) in [5.41, 5.74) is -0.442. The molecule has 1 rings (SSSR count). The van der Waals surface area contributed by atoms with Crippen molar-refractivity contribution in [3.63, 3.8) is 0 Å². The number of carboxylic acid groups (broad SMARTS) is 1. The number of Topliss-reactive ketones (excluding diaryl/α,β-unsaturated/α-hetero) is 2. The Labute approximate surface area is 192 Å². The van der Waals surface area contributed by atoms with Gasteiger partial charge in [-0.1, -0.05) is 20.8 Å². The first-order valence-corrected chi connectivity index (χ1v) is 8.68. The van der Waals surface area contributed by atoms with Crippen molar-refractivity contribution in [2.24, 2.45) is 11.8 Å². The fraction of sp³-hybridized carbons (Fsp3) is 0.688. The van der Waals surface area contributed by atoms with Gasteiger partial charge in [0.25, 0.3) is 0 Å². The molecule has 0 aliphatic heterocycles. The van der Waals surface area contributed by atoms with Gasteiger partial charge in [-0.05, 0) is 24.5 Å². The molecule has 3 atom stereocenters. The predicted octanol–water partition coefficient (Wildman–Crippen LogP) is -5.54. The molecule has 1 aliphatic rings. The zero-order valence-electron chi connectivity index (χ0n) is 15.2. The molecule has 3 unspecified atom stereocenters. The molecule has 0 aromatic carbocycles. The number of rotatable bonds is 8. The molecule has 0 spiro atoms. The standard InChI is InChI=1S/C16H24O5S.2Na/c1-4-6-11(17)14-12(18)8-10(7-9(3)22-5-2)13(15(14)19)16(20)21;;/h9-10,13,19H,4-8H2,1-3H3,(H,20,21);;/q;2*+1/p-2. The van der Waals surface area contributed by atoms with Crippen LogP contribution >= 0.6 is 11.8 Å². The number of aliphatic carboxylic acids is 1. The van der Waals surface area contributed by atoms with E-state index < -0.39 is 40.7 Å². The molecular formula is C16H22Na2O5S. The van der Waals surface area contributed by atoms with E-state index in [2.05, 4.69) is 0 Å². The number of carbonyl (C=O) groups is 3. The monoisotopic (exact) mass is 372 g/mol. The molecule has 0 bridgehead atoms. The first-order chi connectivity index (χ1) is 10.3. The van der Waals surface area contributed by atoms with Gasteiger partial charge < -0.3 is 15.0 Å². The molecule has 0 N–H and O–H groups in total. The summed E-state index contributed by atoms with van der Waals surface area (Å²) in [5, 5.41) is 23.9. The first-order valence-electron chi connectivity index (χ1n) is 7.63. The molecule has 0 saturated carbocycles. The summed E-state index contributed by atoms with van der Waals surface area (Å²) < 4.78 is 0. The van der Waals surface area contributed by atoms with E-state index >= 15 is 0 Å². The summed E-state index contributed by atoms with van der Waals surface area (Å²) in [5.74, 6) is -4.49. The second-order valence-electron chi connectivity index (χ2n) is 5.60. The van der Waals surface area contributed by atoms with Gasteiger partial charge in [-0.25, -0.2) is 0 Å². The Morgan fingerprint density at radius 3 is 2.33 bits per heavy atom. The molecule has 0 radical (unpaired) electrons. The van der Waals surface area contributed by atoms with Crippen LogP contribution in [0.5, 0.6) is 0 Å². The molecule has 0 aromatic rings. The van der Waals surface area contributed by atoms with Gasteiger partial charge in [0.15, 0.2) is 11.6 Å². The van der Waals surface area contributed by atoms with E-state index in [9.17, 15) is 24.6 Å². The van der Waals surface area contributed by atoms with Crippen LogP contribution in [0.4, 0.5) is 0 Å². The number of hydrogen-bond acceptors (Lipinski definition) is 6. The van der Waals surface area contributed by atoms with Crippen molar-refractivity contribution < 1.29 is 83.7 Å². The van der Waals surface area contributed by atoms with Gasteiger partial charge in [0.05, 0.1) is 0 Å². The van der Waals surface area contributed by atoms with Gasteiger partial charge in [0.2, 0.25) is 0 Å². The molecule has 24 heavy (non-hydrogen) atoms. The SMILES string of the molecule is CCCC(=O)C1=C([O-])C(C(=O)[O-])C(CC(C)SCC)CC1=O.[Na+].[Na+]. The summed E-state index contributed by atoms with van der Waals surface area (Å²) in [6.45, 7) is 5.69. The zero-order valence-corrected chi connectivity index (χ0v) is 20.0. The van der Waals surface area contributed by atoms with Crippen LogP contribution in [0.2, 0.25) is 0 Å². The van der Waals surface area contributed by atoms with Crippen LogP contribution in [-0.4, -0.2) is 28.5 Å². The number of carboxylic acids is 1. The van der Waals surface area contributed by atoms with Gasteiger partial charge >= 0.3 is 59.1 Å². The van der Waals surface area contributed by atoms with Gasteiger partial charge in [0.1, 0.15) is 0 Å². The van der Waals surface area contributed by atoms with Gasteiger partial charge in [-0.3, -0.25) is 9.59 Å². The Morgan fingerprint density at radius 2 is 1.88 bits per heavy atom. The number of hydrogen-bond donors (Lipinski definition) is 0. The van der Waals surface area contributed by atoms with E-state index in [1.807, 2.05) is 13.8 Å². The maximum absolute atomic E-state index is 12.3. The molecule has 0 saturated heterocycles. The summed E-state index contributed by atoms with van der Waals surface area (Å²) in [7, 11) is 0. The molecular weight excluding hydrogens is 350 g/mol. The number of allylic oxidation sites excluding steroid dienone is 1. The zero-order chi connectivity index (χ0) is 16.9. The van der Waals surface area contributed by atoms with Crippen molar-refractivity contribution in [3.8, 4) is 0 Å². The third-order valence-corrected chi connectivity index (χ3v) is 4.92. The minimum Gasteiger partial charge on any atom is -0.874 e. The second kappa shape index (κ2) is 13.0. The van der Waals surface area contributed by atoms with Crippen LogP contribution in [0, 0.1) is 11.8 Å². The molecule has 0 amide bonds. The minimum absolute atomic E-state index is 0. The molecule has 5 nitrogen and oxygen atoms in total. The topological polar surface area (TPSA) is 97.3 Å². The van der Waals surface area contributed by atoms with Gasteiger partial charge in [-0.2, -0.15) is 11.8 Å². The molecule has 0 fully saturated rings. The van der Waals surface area contributed by atoms with E-state index in [0.29, 0.717) is 12.8 Å². The van der Waals surface area contributed by atoms with Crippen molar-refractivity contribution in [2.75, 3.05) is 5.75 Å². The van der Waals surface area contributed by atoms with E-state index in [1.54, 1.807) is 18.7 Å². The second-order valence-corrected chi connectivity index (χ2v) is 7.31. The van der Waals surface area contributed by atoms with Crippen LogP contribution in [0.3, 0.4) is 0 Å². The molecule has 1 aliphatic carbocycles. The third kappa shape index (κ3) is 7.14. The number of carbonyl (C=O) groups excluding carboxylic acids is 3. The van der Waals surface area contributed by atoms with Crippen molar-refractivity contribution in [3.05, 3.63) is 11.3 Å². The Morgan fingerprint density at radius 1 is 1.29 bits per heavy atom. The summed E-state index contributed by atoms with van der Waals surface area (Å²) in [6, 6.07) is 0. The Bertz CT molecular complexity index is 493. The van der Waals surface area contributed by atoms with E-state index in [0.717, 1.165) is 5.75 Å². The Hall–Kier alpha value is 0.700. The number of ketones is 2. The summed E-state index contributed by atoms with van der Waals surface area (Å²) >= 11 is 1.65. The third-order valence-electron chi connectivity index (χ3n) is 3.82. The molecule has 0 aromatic heterocycles. The maximum Gasteiger partial charge on any atom is 1.00 e. The maximum atomic E-state index is 12.3. The fourth-order valence-electron chi connectivity index (χ4n) is 2.91. The average molecular weight is 372 g/mol. The summed E-state index contributed by atoms with van der Waals surface area (Å²) in [4.78, 5) is 35.4. The largest absolute Gasteiger partial charge is 1.00 e. The molecule has 0 heterocycles. The fourth-order valence-corrected chi connectivity index (χ4v) is 3.86. The molecule has 124 valence electrons. The quantitative estimate of drug-likeness (QED) is 0.311. The van der Waals surface area contributed by atoms with Crippen molar-refractivity contribution in [2.45, 2.75) is 51.7 Å². The van der Waals surface area contributed by atoms with E-state index in [-0.39, 0.29) is 77.2 Å². The minimum atomic E-state index is -1.49.